The fourth-order valence-electron chi connectivity index (χ4n) is 4.38. The third-order valence-corrected chi connectivity index (χ3v) is 7.87. The van der Waals surface area contributed by atoms with Gasteiger partial charge < -0.3 is 54.2 Å². The molecule has 4 unspecified atom stereocenters. The van der Waals surface area contributed by atoms with E-state index in [1.54, 1.807) is 0 Å². The highest BCUT2D eigenvalue weighted by Gasteiger charge is 2.50. The molecule has 0 bridgehead atoms. The number of phosphoric ester groups is 1. The molecule has 0 spiro atoms. The fourth-order valence-corrected chi connectivity index (χ4v) is 5.34. The Bertz CT molecular complexity index is 591. The zero-order chi connectivity index (χ0) is 29.4. The van der Waals surface area contributed by atoms with Gasteiger partial charge in [0.2, 0.25) is 0 Å². The summed E-state index contributed by atoms with van der Waals surface area (Å²) in [5.74, 6) is 0. The topological polar surface area (TPSA) is 200 Å². The standard InChI is InChI=1S/C16H36N.C9H19O11P/c1-5-9-13-17(14-10-6-2,15-11-7-3)16-12-8-4;10-1-3(11)2-19-21(17,18)20-9-7(15)5(13)4(12)6(14)8(9)16/h5-16H2,1-4H3;3-16H,1-2H2,(H,17,18)/q+1;/p-1/t;3?,4?,5-,6+,7-,8-,9?/m.0/s1. The summed E-state index contributed by atoms with van der Waals surface area (Å²) in [7, 11) is -5.12. The zero-order valence-corrected chi connectivity index (χ0v) is 24.5. The first kappa shape index (κ1) is 37.8. The number of rotatable bonds is 18. The molecular formula is C25H54NO11P. The van der Waals surface area contributed by atoms with E-state index in [4.69, 9.17) is 10.2 Å². The highest BCUT2D eigenvalue weighted by Crippen LogP contribution is 2.43. The van der Waals surface area contributed by atoms with Crippen molar-refractivity contribution in [1.29, 1.82) is 0 Å². The molecule has 8 atom stereocenters. The van der Waals surface area contributed by atoms with Crippen LogP contribution in [0.3, 0.4) is 0 Å². The molecule has 0 amide bonds. The fraction of sp³-hybridized carbons (Fsp3) is 1.00. The van der Waals surface area contributed by atoms with E-state index in [-0.39, 0.29) is 0 Å². The van der Waals surface area contributed by atoms with Crippen molar-refractivity contribution < 1.29 is 58.7 Å². The maximum Gasteiger partial charge on any atom is 0.268 e. The Morgan fingerprint density at radius 2 is 1.08 bits per heavy atom. The van der Waals surface area contributed by atoms with E-state index in [1.807, 2.05) is 0 Å². The number of aliphatic hydroxyl groups excluding tert-OH is 7. The first-order valence-corrected chi connectivity index (χ1v) is 15.5. The minimum absolute atomic E-state index is 0.766. The smallest absolute Gasteiger partial charge is 0.268 e. The van der Waals surface area contributed by atoms with Crippen LogP contribution in [-0.4, -0.2) is 122 Å². The Morgan fingerprint density at radius 3 is 1.39 bits per heavy atom. The Balaban J connectivity index is 0.000000739. The van der Waals surface area contributed by atoms with Gasteiger partial charge in [-0.25, -0.2) is 0 Å². The predicted octanol–water partition coefficient (Wildman–Crippen LogP) is 0.0315. The van der Waals surface area contributed by atoms with Gasteiger partial charge >= 0.3 is 0 Å². The van der Waals surface area contributed by atoms with Gasteiger partial charge in [-0.1, -0.05) is 53.4 Å². The molecular weight excluding hydrogens is 521 g/mol. The summed E-state index contributed by atoms with van der Waals surface area (Å²) < 4.78 is 21.4. The Hall–Kier alpha value is -0.210. The van der Waals surface area contributed by atoms with Gasteiger partial charge in [0.15, 0.2) is 0 Å². The molecule has 0 aromatic carbocycles. The van der Waals surface area contributed by atoms with Crippen molar-refractivity contribution in [3.05, 3.63) is 0 Å². The number of phosphoric acid groups is 1. The maximum atomic E-state index is 11.4. The van der Waals surface area contributed by atoms with Gasteiger partial charge in [-0.05, 0) is 25.7 Å². The largest absolute Gasteiger partial charge is 0.756 e. The average molecular weight is 576 g/mol. The molecule has 0 aliphatic heterocycles. The van der Waals surface area contributed by atoms with E-state index in [1.165, 1.54) is 82.0 Å². The lowest BCUT2D eigenvalue weighted by Crippen LogP contribution is -2.64. The van der Waals surface area contributed by atoms with Crippen LogP contribution in [0.1, 0.15) is 79.1 Å². The summed E-state index contributed by atoms with van der Waals surface area (Å²) >= 11 is 0. The summed E-state index contributed by atoms with van der Waals surface area (Å²) in [5.41, 5.74) is 0. The number of aliphatic hydroxyl groups is 7. The van der Waals surface area contributed by atoms with E-state index in [0.717, 1.165) is 0 Å². The summed E-state index contributed by atoms with van der Waals surface area (Å²) in [5, 5.41) is 64.7. The van der Waals surface area contributed by atoms with E-state index >= 15 is 0 Å². The number of hydrogen-bond donors (Lipinski definition) is 7. The average Bonchev–Trinajstić information content (AvgIpc) is 2.91. The predicted molar refractivity (Wildman–Crippen MR) is 141 cm³/mol. The van der Waals surface area contributed by atoms with Gasteiger partial charge in [0.25, 0.3) is 7.82 Å². The van der Waals surface area contributed by atoms with Crippen molar-refractivity contribution >= 4 is 7.82 Å². The maximum absolute atomic E-state index is 11.4. The van der Waals surface area contributed by atoms with Crippen LogP contribution in [0.15, 0.2) is 0 Å². The number of quaternary nitrogens is 1. The third kappa shape index (κ3) is 13.4. The van der Waals surface area contributed by atoms with E-state index in [2.05, 4.69) is 36.7 Å². The van der Waals surface area contributed by atoms with Crippen LogP contribution in [0.5, 0.6) is 0 Å². The van der Waals surface area contributed by atoms with Crippen LogP contribution in [0, 0.1) is 0 Å². The summed E-state index contributed by atoms with van der Waals surface area (Å²) in [6, 6.07) is 0. The van der Waals surface area contributed by atoms with Crippen LogP contribution in [0.4, 0.5) is 0 Å². The molecule has 0 heterocycles. The molecule has 13 heteroatoms. The molecule has 7 N–H and O–H groups in total. The van der Waals surface area contributed by atoms with Crippen molar-refractivity contribution in [3.8, 4) is 0 Å². The second-order valence-electron chi connectivity index (χ2n) is 10.3. The van der Waals surface area contributed by atoms with Gasteiger partial charge in [0.1, 0.15) is 42.7 Å². The molecule has 1 fully saturated rings. The van der Waals surface area contributed by atoms with Crippen molar-refractivity contribution in [3.63, 3.8) is 0 Å². The van der Waals surface area contributed by atoms with Gasteiger partial charge in [-0.15, -0.1) is 0 Å². The lowest BCUT2D eigenvalue weighted by molar-refractivity contribution is -0.929. The van der Waals surface area contributed by atoms with Crippen LogP contribution < -0.4 is 4.89 Å². The van der Waals surface area contributed by atoms with Gasteiger partial charge in [0, 0.05) is 0 Å². The minimum atomic E-state index is -5.12. The second-order valence-corrected chi connectivity index (χ2v) is 11.6. The van der Waals surface area contributed by atoms with Crippen molar-refractivity contribution in [2.24, 2.45) is 0 Å². The lowest BCUT2D eigenvalue weighted by atomic mass is 9.85. The normalized spacial score (nSPS) is 28.3. The summed E-state index contributed by atoms with van der Waals surface area (Å²) in [6.45, 7) is 13.4. The molecule has 1 aliphatic carbocycles. The highest BCUT2D eigenvalue weighted by molar-refractivity contribution is 7.45. The SMILES string of the molecule is CCCC[N+](CCCC)(CCCC)CCCC.O=P([O-])(OCC(O)CO)OC1[C@@H](O)[C@H](O)C(O)[C@H](O)[C@@H]1O. The van der Waals surface area contributed by atoms with Crippen molar-refractivity contribution in [2.45, 2.75) is 122 Å². The highest BCUT2D eigenvalue weighted by atomic mass is 31.2. The zero-order valence-electron chi connectivity index (χ0n) is 23.6. The van der Waals surface area contributed by atoms with Crippen LogP contribution in [-0.2, 0) is 13.6 Å². The summed E-state index contributed by atoms with van der Waals surface area (Å²) in [6.07, 6.45) is -2.21. The molecule has 0 saturated heterocycles. The molecule has 0 aromatic rings. The van der Waals surface area contributed by atoms with E-state index < -0.39 is 63.8 Å². The molecule has 1 aliphatic rings. The van der Waals surface area contributed by atoms with Gasteiger partial charge in [0.05, 0.1) is 39.4 Å². The molecule has 230 valence electrons. The minimum Gasteiger partial charge on any atom is -0.756 e. The Labute approximate surface area is 228 Å². The third-order valence-electron chi connectivity index (χ3n) is 6.90. The molecule has 12 nitrogen and oxygen atoms in total. The van der Waals surface area contributed by atoms with Crippen LogP contribution in [0.25, 0.3) is 0 Å². The first-order valence-electron chi connectivity index (χ1n) is 14.0. The molecule has 1 saturated carbocycles. The van der Waals surface area contributed by atoms with Crippen LogP contribution in [0.2, 0.25) is 0 Å². The van der Waals surface area contributed by atoms with E-state index in [0.29, 0.717) is 0 Å². The number of unbranched alkanes of at least 4 members (excludes halogenated alkanes) is 4. The lowest BCUT2D eigenvalue weighted by Gasteiger charge is -2.43. The molecule has 0 radical (unpaired) electrons. The first-order chi connectivity index (χ1) is 17.8. The molecule has 1 rings (SSSR count). The number of hydrogen-bond acceptors (Lipinski definition) is 11. The molecule has 38 heavy (non-hydrogen) atoms. The van der Waals surface area contributed by atoms with Crippen molar-refractivity contribution in [2.75, 3.05) is 39.4 Å². The summed E-state index contributed by atoms with van der Waals surface area (Å²) in [4.78, 5) is 11.4. The van der Waals surface area contributed by atoms with Gasteiger partial charge in [-0.3, -0.25) is 4.57 Å². The Kier molecular flexibility index (Phi) is 19.7. The number of nitrogens with zero attached hydrogens (tertiary/aromatic N) is 1. The quantitative estimate of drug-likeness (QED) is 0.0859. The Morgan fingerprint density at radius 1 is 0.737 bits per heavy atom. The van der Waals surface area contributed by atoms with E-state index in [9.17, 15) is 35.0 Å². The van der Waals surface area contributed by atoms with Gasteiger partial charge in [-0.2, -0.15) is 0 Å². The molecule has 0 aromatic heterocycles. The van der Waals surface area contributed by atoms with Crippen molar-refractivity contribution in [1.82, 2.24) is 0 Å². The van der Waals surface area contributed by atoms with Crippen LogP contribution >= 0.6 is 7.82 Å². The monoisotopic (exact) mass is 575 g/mol. The second kappa shape index (κ2) is 19.8.